The van der Waals surface area contributed by atoms with E-state index in [0.717, 1.165) is 28.2 Å². The van der Waals surface area contributed by atoms with Gasteiger partial charge in [0.05, 0.1) is 23.8 Å². The normalized spacial score (nSPS) is 11.1. The van der Waals surface area contributed by atoms with Crippen LogP contribution in [0.5, 0.6) is 0 Å². The first-order valence-corrected chi connectivity index (χ1v) is 9.86. The highest BCUT2D eigenvalue weighted by molar-refractivity contribution is 6.04. The third-order valence-electron chi connectivity index (χ3n) is 5.05. The Morgan fingerprint density at radius 1 is 1.06 bits per heavy atom. The van der Waals surface area contributed by atoms with Crippen LogP contribution in [0.25, 0.3) is 22.6 Å². The number of carbonyl (C=O) groups is 1. The summed E-state index contributed by atoms with van der Waals surface area (Å²) >= 11 is 0. The van der Waals surface area contributed by atoms with Crippen LogP contribution in [-0.2, 0) is 6.54 Å². The average Bonchev–Trinajstić information content (AvgIpc) is 3.46. The van der Waals surface area contributed by atoms with Gasteiger partial charge in [-0.25, -0.2) is 18.6 Å². The number of rotatable bonds is 5. The van der Waals surface area contributed by atoms with Crippen molar-refractivity contribution in [2.75, 3.05) is 5.32 Å². The minimum atomic E-state index is -0.470. The lowest BCUT2D eigenvalue weighted by Gasteiger charge is -2.12. The number of imidazole rings is 1. The average molecular weight is 427 g/mol. The van der Waals surface area contributed by atoms with Gasteiger partial charge in [-0.2, -0.15) is 10.2 Å². The molecule has 3 heterocycles. The van der Waals surface area contributed by atoms with Gasteiger partial charge in [-0.05, 0) is 48.0 Å². The number of hydrogen-bond donors (Lipinski definition) is 2. The van der Waals surface area contributed by atoms with E-state index >= 15 is 0 Å². The molecule has 3 aromatic heterocycles. The molecule has 0 aliphatic rings. The summed E-state index contributed by atoms with van der Waals surface area (Å²) < 4.78 is 16.9. The predicted molar refractivity (Wildman–Crippen MR) is 118 cm³/mol. The molecule has 0 radical (unpaired) electrons. The van der Waals surface area contributed by atoms with Gasteiger partial charge >= 0.3 is 0 Å². The first kappa shape index (κ1) is 19.6. The molecule has 158 valence electrons. The molecule has 8 nitrogen and oxygen atoms in total. The molecule has 2 aromatic carbocycles. The predicted octanol–water partition coefficient (Wildman–Crippen LogP) is 3.43. The number of nitrogens with two attached hydrogens (primary N) is 1. The highest BCUT2D eigenvalue weighted by atomic mass is 19.1. The number of aromatic nitrogens is 5. The molecule has 3 N–H and O–H groups in total. The van der Waals surface area contributed by atoms with E-state index in [4.69, 9.17) is 5.73 Å². The fourth-order valence-electron chi connectivity index (χ4n) is 3.47. The minimum Gasteiger partial charge on any atom is -0.326 e. The van der Waals surface area contributed by atoms with Crippen molar-refractivity contribution in [1.29, 1.82) is 0 Å². The monoisotopic (exact) mass is 427 g/mol. The van der Waals surface area contributed by atoms with Crippen LogP contribution in [0.1, 0.15) is 15.9 Å². The van der Waals surface area contributed by atoms with Gasteiger partial charge in [-0.15, -0.1) is 0 Å². The van der Waals surface area contributed by atoms with Crippen molar-refractivity contribution >= 4 is 17.2 Å². The van der Waals surface area contributed by atoms with Crippen LogP contribution >= 0.6 is 0 Å². The SMILES string of the molecule is NCc1ccc(NC(=O)c2cccc(F)c2)cc1-n1cc(-c2cnc3cccnn23)cn1. The van der Waals surface area contributed by atoms with E-state index in [-0.39, 0.29) is 5.56 Å². The summed E-state index contributed by atoms with van der Waals surface area (Å²) in [5.74, 6) is -0.878. The number of nitrogens with one attached hydrogen (secondary N) is 1. The highest BCUT2D eigenvalue weighted by Gasteiger charge is 2.13. The Labute approximate surface area is 182 Å². The maximum Gasteiger partial charge on any atom is 0.255 e. The Bertz CT molecular complexity index is 1440. The minimum absolute atomic E-state index is 0.232. The second-order valence-corrected chi connectivity index (χ2v) is 7.12. The lowest BCUT2D eigenvalue weighted by molar-refractivity contribution is 0.102. The number of anilines is 1. The molecule has 0 aliphatic heterocycles. The number of amides is 1. The van der Waals surface area contributed by atoms with Gasteiger partial charge in [0.1, 0.15) is 5.82 Å². The van der Waals surface area contributed by atoms with Crippen LogP contribution in [-0.4, -0.2) is 30.3 Å². The molecular formula is C23H18FN7O. The van der Waals surface area contributed by atoms with Crippen molar-refractivity contribution in [3.8, 4) is 16.9 Å². The molecule has 5 aromatic rings. The Kier molecular flexibility index (Phi) is 4.92. The molecule has 0 fully saturated rings. The van der Waals surface area contributed by atoms with Crippen LogP contribution in [0.15, 0.2) is 79.4 Å². The standard InChI is InChI=1S/C23H18FN7O/c24-18-4-1-3-15(9-18)23(32)29-19-7-6-16(11-25)20(10-19)30-14-17(12-28-30)21-13-26-22-5-2-8-27-31(21)22/h1-10,12-14H,11,25H2,(H,29,32). The quantitative estimate of drug-likeness (QED) is 0.447. The number of fused-ring (bicyclic) bond motifs is 1. The summed E-state index contributed by atoms with van der Waals surface area (Å²) in [5.41, 5.74) is 10.6. The van der Waals surface area contributed by atoms with E-state index in [9.17, 15) is 9.18 Å². The van der Waals surface area contributed by atoms with Gasteiger partial charge in [0.2, 0.25) is 0 Å². The Morgan fingerprint density at radius 2 is 1.97 bits per heavy atom. The maximum atomic E-state index is 13.5. The summed E-state index contributed by atoms with van der Waals surface area (Å²) in [5, 5.41) is 11.6. The van der Waals surface area contributed by atoms with Crippen molar-refractivity contribution < 1.29 is 9.18 Å². The summed E-state index contributed by atoms with van der Waals surface area (Å²) in [4.78, 5) is 16.9. The highest BCUT2D eigenvalue weighted by Crippen LogP contribution is 2.24. The first-order valence-electron chi connectivity index (χ1n) is 9.86. The van der Waals surface area contributed by atoms with E-state index in [1.807, 2.05) is 24.4 Å². The molecule has 0 unspecified atom stereocenters. The number of halogens is 1. The third kappa shape index (κ3) is 3.61. The molecule has 32 heavy (non-hydrogen) atoms. The van der Waals surface area contributed by atoms with Crippen molar-refractivity contribution in [1.82, 2.24) is 24.4 Å². The van der Waals surface area contributed by atoms with Crippen molar-refractivity contribution in [3.05, 3.63) is 96.3 Å². The smallest absolute Gasteiger partial charge is 0.255 e. The summed E-state index contributed by atoms with van der Waals surface area (Å²) in [6.07, 6.45) is 7.00. The Morgan fingerprint density at radius 3 is 2.81 bits per heavy atom. The number of benzene rings is 2. The topological polar surface area (TPSA) is 103 Å². The van der Waals surface area contributed by atoms with Crippen LogP contribution in [0.4, 0.5) is 10.1 Å². The van der Waals surface area contributed by atoms with Gasteiger partial charge in [0.25, 0.3) is 5.91 Å². The molecule has 9 heteroatoms. The number of nitrogens with zero attached hydrogens (tertiary/aromatic N) is 5. The molecule has 0 aliphatic carbocycles. The molecule has 1 amide bonds. The van der Waals surface area contributed by atoms with Crippen LogP contribution in [0.3, 0.4) is 0 Å². The summed E-state index contributed by atoms with van der Waals surface area (Å²) in [6.45, 7) is 0.291. The first-order chi connectivity index (χ1) is 15.6. The zero-order valence-electron chi connectivity index (χ0n) is 16.8. The van der Waals surface area contributed by atoms with E-state index < -0.39 is 11.7 Å². The zero-order valence-corrected chi connectivity index (χ0v) is 16.8. The van der Waals surface area contributed by atoms with E-state index in [0.29, 0.717) is 12.2 Å². The molecule has 0 saturated heterocycles. The molecule has 0 saturated carbocycles. The van der Waals surface area contributed by atoms with Crippen molar-refractivity contribution in [2.24, 2.45) is 5.73 Å². The molecular weight excluding hydrogens is 409 g/mol. The van der Waals surface area contributed by atoms with Crippen molar-refractivity contribution in [2.45, 2.75) is 6.54 Å². The van der Waals surface area contributed by atoms with Gasteiger partial charge in [-0.1, -0.05) is 12.1 Å². The van der Waals surface area contributed by atoms with Gasteiger partial charge in [0.15, 0.2) is 5.65 Å². The second-order valence-electron chi connectivity index (χ2n) is 7.12. The Balaban J connectivity index is 1.48. The largest absolute Gasteiger partial charge is 0.326 e. The van der Waals surface area contributed by atoms with Gasteiger partial charge < -0.3 is 11.1 Å². The lowest BCUT2D eigenvalue weighted by atomic mass is 10.1. The second kappa shape index (κ2) is 8.05. The Hall–Kier alpha value is -4.37. The summed E-state index contributed by atoms with van der Waals surface area (Å²) in [6, 6.07) is 14.6. The van der Waals surface area contributed by atoms with E-state index in [2.05, 4.69) is 20.5 Å². The van der Waals surface area contributed by atoms with Gasteiger partial charge in [-0.3, -0.25) is 4.79 Å². The fourth-order valence-corrected chi connectivity index (χ4v) is 3.47. The number of hydrogen-bond acceptors (Lipinski definition) is 5. The van der Waals surface area contributed by atoms with E-state index in [1.54, 1.807) is 46.0 Å². The van der Waals surface area contributed by atoms with Crippen molar-refractivity contribution in [3.63, 3.8) is 0 Å². The van der Waals surface area contributed by atoms with Crippen LogP contribution in [0.2, 0.25) is 0 Å². The molecule has 0 atom stereocenters. The van der Waals surface area contributed by atoms with Crippen LogP contribution in [0, 0.1) is 5.82 Å². The lowest BCUT2D eigenvalue weighted by Crippen LogP contribution is -2.13. The molecule has 0 spiro atoms. The number of carbonyl (C=O) groups excluding carboxylic acids is 1. The fraction of sp³-hybridized carbons (Fsp3) is 0.0435. The molecule has 0 bridgehead atoms. The third-order valence-corrected chi connectivity index (χ3v) is 5.05. The van der Waals surface area contributed by atoms with E-state index in [1.165, 1.54) is 18.2 Å². The van der Waals surface area contributed by atoms with Crippen LogP contribution < -0.4 is 11.1 Å². The summed E-state index contributed by atoms with van der Waals surface area (Å²) in [7, 11) is 0. The molecule has 5 rings (SSSR count). The maximum absolute atomic E-state index is 13.5. The van der Waals surface area contributed by atoms with Gasteiger partial charge in [0, 0.05) is 35.8 Å². The zero-order chi connectivity index (χ0) is 22.1.